The van der Waals surface area contributed by atoms with Crippen molar-refractivity contribution < 1.29 is 5.11 Å². The summed E-state index contributed by atoms with van der Waals surface area (Å²) >= 11 is 5.68. The molecule has 1 radical (unpaired) electrons. The van der Waals surface area contributed by atoms with Gasteiger partial charge < -0.3 is 0 Å². The average molecular weight is 136 g/mol. The summed E-state index contributed by atoms with van der Waals surface area (Å²) in [7, 11) is 0. The van der Waals surface area contributed by atoms with Gasteiger partial charge in [0.2, 0.25) is 0 Å². The maximum Gasteiger partial charge on any atom is 0.0836 e. The summed E-state index contributed by atoms with van der Waals surface area (Å²) in [4.78, 5) is 0. The van der Waals surface area contributed by atoms with Gasteiger partial charge in [0.15, 0.2) is 0 Å². The number of rotatable bonds is 4. The lowest BCUT2D eigenvalue weighted by molar-refractivity contribution is 0.187. The Kier molecular flexibility index (Phi) is 5.56. The highest BCUT2D eigenvalue weighted by molar-refractivity contribution is 6.20. The molecule has 0 heterocycles. The SMILES string of the molecule is CCCC(Cl)CC[O]. The monoisotopic (exact) mass is 135 g/mol. The Morgan fingerprint density at radius 1 is 1.50 bits per heavy atom. The van der Waals surface area contributed by atoms with E-state index in [1.165, 1.54) is 0 Å². The van der Waals surface area contributed by atoms with Crippen molar-refractivity contribution >= 4 is 11.6 Å². The highest BCUT2D eigenvalue weighted by atomic mass is 35.5. The zero-order chi connectivity index (χ0) is 6.41. The van der Waals surface area contributed by atoms with Crippen molar-refractivity contribution in [2.24, 2.45) is 0 Å². The third-order valence-corrected chi connectivity index (χ3v) is 1.47. The van der Waals surface area contributed by atoms with E-state index in [0.717, 1.165) is 12.8 Å². The second-order valence-electron chi connectivity index (χ2n) is 1.88. The fourth-order valence-corrected chi connectivity index (χ4v) is 0.893. The molecule has 8 heavy (non-hydrogen) atoms. The largest absolute Gasteiger partial charge is 0.237 e. The number of halogens is 1. The molecule has 0 N–H and O–H groups in total. The Morgan fingerprint density at radius 3 is 2.50 bits per heavy atom. The van der Waals surface area contributed by atoms with Gasteiger partial charge in [-0.15, -0.1) is 11.6 Å². The van der Waals surface area contributed by atoms with Crippen molar-refractivity contribution in [2.75, 3.05) is 6.61 Å². The van der Waals surface area contributed by atoms with E-state index >= 15 is 0 Å². The molecular formula is C6H12ClO. The topological polar surface area (TPSA) is 19.9 Å². The summed E-state index contributed by atoms with van der Waals surface area (Å²) in [6.45, 7) is 2.04. The van der Waals surface area contributed by atoms with Gasteiger partial charge in [0.1, 0.15) is 0 Å². The minimum atomic E-state index is -0.0336. The van der Waals surface area contributed by atoms with Gasteiger partial charge in [0.25, 0.3) is 0 Å². The van der Waals surface area contributed by atoms with E-state index in [1.54, 1.807) is 0 Å². The molecular weight excluding hydrogens is 124 g/mol. The van der Waals surface area contributed by atoms with Gasteiger partial charge >= 0.3 is 0 Å². The Bertz CT molecular complexity index is 41.8. The van der Waals surface area contributed by atoms with E-state index in [1.807, 2.05) is 0 Å². The average Bonchev–Trinajstić information content (AvgIpc) is 1.68. The summed E-state index contributed by atoms with van der Waals surface area (Å²) in [5.74, 6) is 0. The van der Waals surface area contributed by atoms with Crippen LogP contribution in [0, 0.1) is 0 Å². The summed E-state index contributed by atoms with van der Waals surface area (Å²) in [6.07, 6.45) is 2.67. The van der Waals surface area contributed by atoms with Crippen LogP contribution in [0.5, 0.6) is 0 Å². The summed E-state index contributed by atoms with van der Waals surface area (Å²) in [5.41, 5.74) is 0. The summed E-state index contributed by atoms with van der Waals surface area (Å²) < 4.78 is 0. The fraction of sp³-hybridized carbons (Fsp3) is 1.00. The van der Waals surface area contributed by atoms with E-state index < -0.39 is 0 Å². The third-order valence-electron chi connectivity index (χ3n) is 1.03. The molecule has 0 aromatic carbocycles. The van der Waals surface area contributed by atoms with E-state index in [0.29, 0.717) is 6.42 Å². The number of alkyl halides is 1. The Balaban J connectivity index is 2.92. The first-order chi connectivity index (χ1) is 3.81. The van der Waals surface area contributed by atoms with Crippen LogP contribution >= 0.6 is 11.6 Å². The molecule has 0 aliphatic rings. The van der Waals surface area contributed by atoms with Crippen LogP contribution in [0.15, 0.2) is 0 Å². The molecule has 0 aromatic heterocycles. The molecule has 49 valence electrons. The second kappa shape index (κ2) is 5.39. The van der Waals surface area contributed by atoms with Gasteiger partial charge in [-0.25, -0.2) is 5.11 Å². The van der Waals surface area contributed by atoms with Gasteiger partial charge in [0.05, 0.1) is 6.61 Å². The van der Waals surface area contributed by atoms with Gasteiger partial charge in [-0.2, -0.15) is 0 Å². The molecule has 1 nitrogen and oxygen atoms in total. The van der Waals surface area contributed by atoms with E-state index in [4.69, 9.17) is 11.6 Å². The molecule has 0 aromatic rings. The van der Waals surface area contributed by atoms with Crippen molar-refractivity contribution in [1.82, 2.24) is 0 Å². The normalized spacial score (nSPS) is 13.9. The highest BCUT2D eigenvalue weighted by Gasteiger charge is 1.99. The molecule has 0 spiro atoms. The zero-order valence-corrected chi connectivity index (χ0v) is 5.95. The first-order valence-corrected chi connectivity index (χ1v) is 3.47. The zero-order valence-electron chi connectivity index (χ0n) is 5.19. The molecule has 0 fully saturated rings. The predicted molar refractivity (Wildman–Crippen MR) is 34.7 cm³/mol. The minimum absolute atomic E-state index is 0.0336. The van der Waals surface area contributed by atoms with Crippen LogP contribution in [0.4, 0.5) is 0 Å². The van der Waals surface area contributed by atoms with Crippen molar-refractivity contribution in [3.05, 3.63) is 0 Å². The van der Waals surface area contributed by atoms with Gasteiger partial charge in [-0.1, -0.05) is 13.3 Å². The van der Waals surface area contributed by atoms with Crippen molar-refractivity contribution in [3.8, 4) is 0 Å². The molecule has 1 atom stereocenters. The van der Waals surface area contributed by atoms with E-state index in [2.05, 4.69) is 6.92 Å². The van der Waals surface area contributed by atoms with E-state index in [-0.39, 0.29) is 12.0 Å². The molecule has 0 saturated carbocycles. The fourth-order valence-electron chi connectivity index (χ4n) is 0.585. The lowest BCUT2D eigenvalue weighted by Crippen LogP contribution is -1.99. The molecule has 0 aliphatic carbocycles. The lowest BCUT2D eigenvalue weighted by Gasteiger charge is -2.01. The van der Waals surface area contributed by atoms with Crippen molar-refractivity contribution in [1.29, 1.82) is 0 Å². The molecule has 1 unspecified atom stereocenters. The van der Waals surface area contributed by atoms with Gasteiger partial charge in [-0.05, 0) is 12.8 Å². The lowest BCUT2D eigenvalue weighted by atomic mass is 10.2. The van der Waals surface area contributed by atoms with Crippen molar-refractivity contribution in [2.45, 2.75) is 31.6 Å². The molecule has 0 amide bonds. The van der Waals surface area contributed by atoms with Crippen molar-refractivity contribution in [3.63, 3.8) is 0 Å². The maximum absolute atomic E-state index is 9.93. The first kappa shape index (κ1) is 8.25. The Hall–Kier alpha value is 0.250. The van der Waals surface area contributed by atoms with Gasteiger partial charge in [0, 0.05) is 5.38 Å². The standard InChI is InChI=1S/C6H12ClO/c1-2-3-6(7)4-5-8/h6H,2-5H2,1H3. The Morgan fingerprint density at radius 2 is 2.12 bits per heavy atom. The second-order valence-corrected chi connectivity index (χ2v) is 2.50. The van der Waals surface area contributed by atoms with Crippen LogP contribution in [0.2, 0.25) is 0 Å². The maximum atomic E-state index is 9.93. The van der Waals surface area contributed by atoms with Crippen LogP contribution < -0.4 is 0 Å². The molecule has 0 rings (SSSR count). The van der Waals surface area contributed by atoms with Crippen LogP contribution in [-0.4, -0.2) is 12.0 Å². The number of hydrogen-bond acceptors (Lipinski definition) is 0. The predicted octanol–water partition coefficient (Wildman–Crippen LogP) is 2.21. The van der Waals surface area contributed by atoms with Crippen LogP contribution in [0.3, 0.4) is 0 Å². The van der Waals surface area contributed by atoms with Crippen LogP contribution in [0.25, 0.3) is 0 Å². The molecule has 0 aliphatic heterocycles. The highest BCUT2D eigenvalue weighted by Crippen LogP contribution is 2.07. The Labute approximate surface area is 55.7 Å². The third kappa shape index (κ3) is 4.41. The first-order valence-electron chi connectivity index (χ1n) is 3.03. The molecule has 0 saturated heterocycles. The van der Waals surface area contributed by atoms with Gasteiger partial charge in [-0.3, -0.25) is 0 Å². The van der Waals surface area contributed by atoms with E-state index in [9.17, 15) is 5.11 Å². The quantitative estimate of drug-likeness (QED) is 0.527. The van der Waals surface area contributed by atoms with Crippen LogP contribution in [-0.2, 0) is 5.11 Å². The molecule has 2 heteroatoms. The summed E-state index contributed by atoms with van der Waals surface area (Å²) in [5, 5.41) is 10.1. The number of hydrogen-bond donors (Lipinski definition) is 0. The van der Waals surface area contributed by atoms with Crippen LogP contribution in [0.1, 0.15) is 26.2 Å². The molecule has 0 bridgehead atoms. The minimum Gasteiger partial charge on any atom is -0.237 e. The smallest absolute Gasteiger partial charge is 0.0836 e. The summed E-state index contributed by atoms with van der Waals surface area (Å²) in [6, 6.07) is 0.